The summed E-state index contributed by atoms with van der Waals surface area (Å²) in [5.41, 5.74) is 1.59. The van der Waals surface area contributed by atoms with Crippen LogP contribution < -0.4 is 5.32 Å². The largest absolute Gasteiger partial charge is 0.388 e. The standard InChI is InChI=1S/C19H18FN3O2/c20-15-7-4-8-16(13-15)23-12-10-17(22-23)19(25)21-11-9-18(24)14-5-2-1-3-6-14/h1-8,10,12-13,18,24H,9,11H2,(H,21,25). The molecule has 1 amide bonds. The lowest BCUT2D eigenvalue weighted by molar-refractivity contribution is 0.0937. The summed E-state index contributed by atoms with van der Waals surface area (Å²) in [6.45, 7) is 0.321. The minimum absolute atomic E-state index is 0.235. The Hall–Kier alpha value is -2.99. The van der Waals surface area contributed by atoms with Crippen LogP contribution in [0.1, 0.15) is 28.6 Å². The number of carbonyl (C=O) groups excluding carboxylic acids is 1. The summed E-state index contributed by atoms with van der Waals surface area (Å²) in [5.74, 6) is -0.704. The number of rotatable bonds is 6. The van der Waals surface area contributed by atoms with Gasteiger partial charge in [0.1, 0.15) is 5.82 Å². The molecule has 0 aliphatic carbocycles. The third-order valence-electron chi connectivity index (χ3n) is 3.78. The summed E-state index contributed by atoms with van der Waals surface area (Å²) in [7, 11) is 0. The van der Waals surface area contributed by atoms with Crippen molar-refractivity contribution in [2.45, 2.75) is 12.5 Å². The average molecular weight is 339 g/mol. The van der Waals surface area contributed by atoms with Crippen molar-refractivity contribution in [1.29, 1.82) is 0 Å². The lowest BCUT2D eigenvalue weighted by Crippen LogP contribution is -2.26. The molecule has 1 atom stereocenters. The van der Waals surface area contributed by atoms with Crippen molar-refractivity contribution in [2.24, 2.45) is 0 Å². The van der Waals surface area contributed by atoms with Crippen LogP contribution in [0.2, 0.25) is 0 Å². The molecule has 25 heavy (non-hydrogen) atoms. The number of benzene rings is 2. The van der Waals surface area contributed by atoms with Gasteiger partial charge in [-0.05, 0) is 36.2 Å². The van der Waals surface area contributed by atoms with E-state index >= 15 is 0 Å². The van der Waals surface area contributed by atoms with Crippen molar-refractivity contribution in [2.75, 3.05) is 6.54 Å². The fraction of sp³-hybridized carbons (Fsp3) is 0.158. The third kappa shape index (κ3) is 4.30. The van der Waals surface area contributed by atoms with E-state index in [4.69, 9.17) is 0 Å². The van der Waals surface area contributed by atoms with Crippen LogP contribution in [0, 0.1) is 5.82 Å². The summed E-state index contributed by atoms with van der Waals surface area (Å²) in [6.07, 6.45) is 1.37. The molecule has 0 bridgehead atoms. The van der Waals surface area contributed by atoms with E-state index in [1.165, 1.54) is 16.8 Å². The topological polar surface area (TPSA) is 67.2 Å². The number of nitrogens with zero attached hydrogens (tertiary/aromatic N) is 2. The van der Waals surface area contributed by atoms with Gasteiger partial charge in [0, 0.05) is 12.7 Å². The van der Waals surface area contributed by atoms with Crippen LogP contribution in [0.5, 0.6) is 0 Å². The van der Waals surface area contributed by atoms with E-state index in [0.29, 0.717) is 18.7 Å². The van der Waals surface area contributed by atoms with Gasteiger partial charge in [-0.25, -0.2) is 9.07 Å². The smallest absolute Gasteiger partial charge is 0.271 e. The zero-order valence-corrected chi connectivity index (χ0v) is 13.5. The lowest BCUT2D eigenvalue weighted by Gasteiger charge is -2.11. The van der Waals surface area contributed by atoms with Crippen LogP contribution in [0.25, 0.3) is 5.69 Å². The Morgan fingerprint density at radius 2 is 1.96 bits per heavy atom. The van der Waals surface area contributed by atoms with E-state index in [2.05, 4.69) is 10.4 Å². The zero-order valence-electron chi connectivity index (χ0n) is 13.5. The predicted molar refractivity (Wildman–Crippen MR) is 91.9 cm³/mol. The molecule has 5 nitrogen and oxygen atoms in total. The van der Waals surface area contributed by atoms with Crippen molar-refractivity contribution < 1.29 is 14.3 Å². The van der Waals surface area contributed by atoms with Crippen LogP contribution >= 0.6 is 0 Å². The predicted octanol–water partition coefficient (Wildman–Crippen LogP) is 2.86. The van der Waals surface area contributed by atoms with Gasteiger partial charge >= 0.3 is 0 Å². The average Bonchev–Trinajstić information content (AvgIpc) is 3.12. The highest BCUT2D eigenvalue weighted by Gasteiger charge is 2.12. The van der Waals surface area contributed by atoms with Crippen LogP contribution in [0.3, 0.4) is 0 Å². The highest BCUT2D eigenvalue weighted by Crippen LogP contribution is 2.15. The first kappa shape index (κ1) is 16.9. The molecule has 1 aromatic heterocycles. The van der Waals surface area contributed by atoms with Crippen molar-refractivity contribution in [3.05, 3.63) is 83.9 Å². The Morgan fingerprint density at radius 1 is 1.16 bits per heavy atom. The van der Waals surface area contributed by atoms with Gasteiger partial charge in [-0.2, -0.15) is 5.10 Å². The van der Waals surface area contributed by atoms with E-state index < -0.39 is 6.10 Å². The first-order valence-electron chi connectivity index (χ1n) is 7.96. The summed E-state index contributed by atoms with van der Waals surface area (Å²) in [5, 5.41) is 17.0. The normalized spacial score (nSPS) is 11.9. The van der Waals surface area contributed by atoms with E-state index in [-0.39, 0.29) is 17.4 Å². The number of hydrogen-bond acceptors (Lipinski definition) is 3. The van der Waals surface area contributed by atoms with Gasteiger partial charge in [0.2, 0.25) is 0 Å². The fourth-order valence-corrected chi connectivity index (χ4v) is 2.46. The monoisotopic (exact) mass is 339 g/mol. The van der Waals surface area contributed by atoms with Gasteiger partial charge in [0.05, 0.1) is 11.8 Å². The maximum absolute atomic E-state index is 13.3. The van der Waals surface area contributed by atoms with Crippen molar-refractivity contribution in [3.8, 4) is 5.69 Å². The van der Waals surface area contributed by atoms with E-state index in [9.17, 15) is 14.3 Å². The van der Waals surface area contributed by atoms with Crippen LogP contribution in [0.4, 0.5) is 4.39 Å². The Bertz CT molecular complexity index is 849. The number of halogens is 1. The Balaban J connectivity index is 1.55. The first-order valence-corrected chi connectivity index (χ1v) is 7.96. The molecule has 1 unspecified atom stereocenters. The Kier molecular flexibility index (Phi) is 5.20. The van der Waals surface area contributed by atoms with Gasteiger partial charge in [-0.15, -0.1) is 0 Å². The summed E-state index contributed by atoms with van der Waals surface area (Å²) in [6, 6.07) is 16.8. The second-order valence-electron chi connectivity index (χ2n) is 5.60. The Morgan fingerprint density at radius 3 is 2.72 bits per heavy atom. The van der Waals surface area contributed by atoms with E-state index in [1.54, 1.807) is 24.4 Å². The fourth-order valence-electron chi connectivity index (χ4n) is 2.46. The zero-order chi connectivity index (χ0) is 17.6. The van der Waals surface area contributed by atoms with Gasteiger partial charge in [0.25, 0.3) is 5.91 Å². The molecule has 0 saturated carbocycles. The highest BCUT2D eigenvalue weighted by atomic mass is 19.1. The molecule has 6 heteroatoms. The number of carbonyl (C=O) groups is 1. The first-order chi connectivity index (χ1) is 12.1. The number of amides is 1. The number of aliphatic hydroxyl groups excluding tert-OH is 1. The minimum Gasteiger partial charge on any atom is -0.388 e. The molecule has 0 fully saturated rings. The summed E-state index contributed by atoms with van der Waals surface area (Å²) < 4.78 is 14.7. The third-order valence-corrected chi connectivity index (χ3v) is 3.78. The molecule has 0 saturated heterocycles. The van der Waals surface area contributed by atoms with Crippen LogP contribution in [0.15, 0.2) is 66.9 Å². The van der Waals surface area contributed by atoms with Crippen molar-refractivity contribution >= 4 is 5.91 Å². The number of hydrogen-bond donors (Lipinski definition) is 2. The molecule has 0 aliphatic rings. The molecule has 3 aromatic rings. The summed E-state index contributed by atoms with van der Waals surface area (Å²) in [4.78, 5) is 12.1. The molecule has 3 rings (SSSR count). The van der Waals surface area contributed by atoms with Gasteiger partial charge < -0.3 is 10.4 Å². The number of aromatic nitrogens is 2. The van der Waals surface area contributed by atoms with Gasteiger partial charge in [-0.3, -0.25) is 4.79 Å². The van der Waals surface area contributed by atoms with Gasteiger partial charge in [0.15, 0.2) is 5.69 Å². The minimum atomic E-state index is -0.633. The second kappa shape index (κ2) is 7.72. The number of aliphatic hydroxyl groups is 1. The van der Waals surface area contributed by atoms with E-state index in [0.717, 1.165) is 5.56 Å². The molecule has 1 heterocycles. The molecule has 0 aliphatic heterocycles. The molecule has 2 N–H and O–H groups in total. The lowest BCUT2D eigenvalue weighted by atomic mass is 10.1. The summed E-state index contributed by atoms with van der Waals surface area (Å²) >= 11 is 0. The molecule has 0 radical (unpaired) electrons. The maximum Gasteiger partial charge on any atom is 0.271 e. The molecular formula is C19H18FN3O2. The van der Waals surface area contributed by atoms with E-state index in [1.807, 2.05) is 30.3 Å². The molecular weight excluding hydrogens is 321 g/mol. The van der Waals surface area contributed by atoms with Crippen molar-refractivity contribution in [3.63, 3.8) is 0 Å². The second-order valence-corrected chi connectivity index (χ2v) is 5.60. The SMILES string of the molecule is O=C(NCCC(O)c1ccccc1)c1ccn(-c2cccc(F)c2)n1. The maximum atomic E-state index is 13.3. The molecule has 2 aromatic carbocycles. The van der Waals surface area contributed by atoms with Crippen LogP contribution in [-0.2, 0) is 0 Å². The van der Waals surface area contributed by atoms with Crippen LogP contribution in [-0.4, -0.2) is 27.3 Å². The quantitative estimate of drug-likeness (QED) is 0.726. The molecule has 128 valence electrons. The highest BCUT2D eigenvalue weighted by molar-refractivity contribution is 5.92. The van der Waals surface area contributed by atoms with Gasteiger partial charge in [-0.1, -0.05) is 36.4 Å². The number of nitrogens with one attached hydrogen (secondary N) is 1. The molecule has 0 spiro atoms. The van der Waals surface area contributed by atoms with Crippen molar-refractivity contribution in [1.82, 2.24) is 15.1 Å². The Labute approximate surface area is 144 Å².